The van der Waals surface area contributed by atoms with Gasteiger partial charge in [0.1, 0.15) is 11.5 Å². The lowest BCUT2D eigenvalue weighted by Gasteiger charge is -2.32. The molecule has 2 nitrogen and oxygen atoms in total. The Hall–Kier alpha value is -1.66. The van der Waals surface area contributed by atoms with E-state index in [-0.39, 0.29) is 25.3 Å². The lowest BCUT2D eigenvalue weighted by Crippen LogP contribution is -2.40. The van der Waals surface area contributed by atoms with Crippen LogP contribution in [0.4, 0.5) is 27.6 Å². The monoisotopic (exact) mass is 279 g/mol. The van der Waals surface area contributed by atoms with Crippen molar-refractivity contribution < 1.29 is 26.7 Å². The highest BCUT2D eigenvalue weighted by molar-refractivity contribution is 5.83. The Bertz CT molecular complexity index is 516. The molecular formula is C12H10F5NO. The third-order valence-electron chi connectivity index (χ3n) is 3.17. The van der Waals surface area contributed by atoms with Crippen LogP contribution in [-0.4, -0.2) is 18.9 Å². The summed E-state index contributed by atoms with van der Waals surface area (Å²) in [5, 5.41) is 0. The van der Waals surface area contributed by atoms with E-state index in [1.807, 2.05) is 0 Å². The second-order valence-electron chi connectivity index (χ2n) is 4.48. The van der Waals surface area contributed by atoms with Crippen molar-refractivity contribution >= 4 is 11.5 Å². The normalized spacial score (nSPS) is 20.0. The number of Topliss-reactive ketones (excluding diaryl/α,β-unsaturated/α-hetero) is 1. The predicted molar refractivity (Wildman–Crippen MR) is 57.2 cm³/mol. The molecule has 19 heavy (non-hydrogen) atoms. The van der Waals surface area contributed by atoms with Gasteiger partial charge in [0.2, 0.25) is 5.82 Å². The highest BCUT2D eigenvalue weighted by Gasteiger charge is 2.32. The molecule has 0 spiro atoms. The van der Waals surface area contributed by atoms with Gasteiger partial charge in [-0.2, -0.15) is 0 Å². The quantitative estimate of drug-likeness (QED) is 0.447. The zero-order valence-electron chi connectivity index (χ0n) is 9.94. The summed E-state index contributed by atoms with van der Waals surface area (Å²) in [7, 11) is 0. The molecule has 0 aliphatic carbocycles. The number of carbonyl (C=O) groups is 1. The number of rotatable bonds is 1. The van der Waals surface area contributed by atoms with Gasteiger partial charge in [-0.25, -0.2) is 22.0 Å². The van der Waals surface area contributed by atoms with Crippen molar-refractivity contribution in [2.45, 2.75) is 13.3 Å². The summed E-state index contributed by atoms with van der Waals surface area (Å²) >= 11 is 0. The number of nitrogens with zero attached hydrogens (tertiary/aromatic N) is 1. The number of hydrogen-bond donors (Lipinski definition) is 0. The molecule has 1 aromatic rings. The Balaban J connectivity index is 2.49. The fourth-order valence-corrected chi connectivity index (χ4v) is 2.09. The van der Waals surface area contributed by atoms with Crippen LogP contribution >= 0.6 is 0 Å². The smallest absolute Gasteiger partial charge is 0.200 e. The molecule has 1 aliphatic rings. The van der Waals surface area contributed by atoms with Crippen LogP contribution in [0.15, 0.2) is 0 Å². The van der Waals surface area contributed by atoms with E-state index in [2.05, 4.69) is 0 Å². The molecular weight excluding hydrogens is 269 g/mol. The van der Waals surface area contributed by atoms with Crippen LogP contribution in [0.5, 0.6) is 0 Å². The van der Waals surface area contributed by atoms with E-state index in [0.29, 0.717) is 0 Å². The molecule has 0 saturated carbocycles. The van der Waals surface area contributed by atoms with Crippen LogP contribution in [0.3, 0.4) is 0 Å². The molecule has 1 heterocycles. The van der Waals surface area contributed by atoms with Crippen molar-refractivity contribution in [3.05, 3.63) is 29.1 Å². The summed E-state index contributed by atoms with van der Waals surface area (Å²) < 4.78 is 66.2. The van der Waals surface area contributed by atoms with Crippen LogP contribution in [-0.2, 0) is 4.79 Å². The number of ketones is 1. The van der Waals surface area contributed by atoms with E-state index >= 15 is 0 Å². The van der Waals surface area contributed by atoms with Crippen LogP contribution in [0.1, 0.15) is 13.3 Å². The molecule has 2 rings (SSSR count). The second kappa shape index (κ2) is 4.79. The van der Waals surface area contributed by atoms with E-state index in [4.69, 9.17) is 0 Å². The molecule has 0 amide bonds. The van der Waals surface area contributed by atoms with E-state index in [1.165, 1.54) is 0 Å². The number of hydrogen-bond acceptors (Lipinski definition) is 2. The molecule has 0 bridgehead atoms. The molecule has 0 aromatic heterocycles. The van der Waals surface area contributed by atoms with Crippen LogP contribution in [0.25, 0.3) is 0 Å². The first-order chi connectivity index (χ1) is 8.84. The van der Waals surface area contributed by atoms with Gasteiger partial charge in [-0.1, -0.05) is 6.92 Å². The second-order valence-corrected chi connectivity index (χ2v) is 4.48. The minimum absolute atomic E-state index is 0.0145. The number of benzene rings is 1. The van der Waals surface area contributed by atoms with E-state index in [1.54, 1.807) is 6.92 Å². The van der Waals surface area contributed by atoms with Gasteiger partial charge in [-0.3, -0.25) is 4.79 Å². The fraction of sp³-hybridized carbons (Fsp3) is 0.417. The maximum Gasteiger partial charge on any atom is 0.200 e. The molecule has 104 valence electrons. The zero-order valence-corrected chi connectivity index (χ0v) is 9.94. The molecule has 7 heteroatoms. The Labute approximate surface area is 105 Å². The van der Waals surface area contributed by atoms with Gasteiger partial charge in [-0.15, -0.1) is 0 Å². The first-order valence-electron chi connectivity index (χ1n) is 5.63. The molecule has 0 N–H and O–H groups in total. The largest absolute Gasteiger partial charge is 0.365 e. The SMILES string of the molecule is CC1CN(c2c(F)c(F)c(F)c(F)c2F)CCC1=O. The highest BCUT2D eigenvalue weighted by atomic mass is 19.2. The summed E-state index contributed by atoms with van der Waals surface area (Å²) in [5.74, 6) is -10.5. The summed E-state index contributed by atoms with van der Waals surface area (Å²) in [5.41, 5.74) is -0.962. The summed E-state index contributed by atoms with van der Waals surface area (Å²) in [4.78, 5) is 12.3. The Kier molecular flexibility index (Phi) is 3.47. The predicted octanol–water partition coefficient (Wildman–Crippen LogP) is 2.80. The minimum atomic E-state index is -2.18. The van der Waals surface area contributed by atoms with Crippen molar-refractivity contribution in [3.8, 4) is 0 Å². The van der Waals surface area contributed by atoms with Gasteiger partial charge in [0.15, 0.2) is 23.3 Å². The van der Waals surface area contributed by atoms with Crippen molar-refractivity contribution in [2.75, 3.05) is 18.0 Å². The molecule has 1 saturated heterocycles. The maximum absolute atomic E-state index is 13.6. The number of carbonyl (C=O) groups excluding carboxylic acids is 1. The van der Waals surface area contributed by atoms with Crippen molar-refractivity contribution in [1.82, 2.24) is 0 Å². The first kappa shape index (κ1) is 13.8. The van der Waals surface area contributed by atoms with E-state index in [0.717, 1.165) is 4.90 Å². The van der Waals surface area contributed by atoms with Gasteiger partial charge in [-0.05, 0) is 0 Å². The maximum atomic E-state index is 13.6. The molecule has 1 aromatic carbocycles. The van der Waals surface area contributed by atoms with E-state index in [9.17, 15) is 26.7 Å². The standard InChI is InChI=1S/C12H10F5NO/c1-5-4-18(3-2-6(5)19)12-10(16)8(14)7(13)9(15)11(12)17/h5H,2-4H2,1H3. The van der Waals surface area contributed by atoms with Gasteiger partial charge < -0.3 is 4.90 Å². The summed E-state index contributed by atoms with van der Waals surface area (Å²) in [6.07, 6.45) is 0.0145. The molecule has 0 radical (unpaired) electrons. The van der Waals surface area contributed by atoms with Crippen molar-refractivity contribution in [3.63, 3.8) is 0 Å². The summed E-state index contributed by atoms with van der Waals surface area (Å²) in [6, 6.07) is 0. The van der Waals surface area contributed by atoms with Crippen molar-refractivity contribution in [2.24, 2.45) is 5.92 Å². The number of anilines is 1. The summed E-state index contributed by atoms with van der Waals surface area (Å²) in [6.45, 7) is 1.40. The lowest BCUT2D eigenvalue weighted by molar-refractivity contribution is -0.122. The Morgan fingerprint density at radius 2 is 1.42 bits per heavy atom. The Morgan fingerprint density at radius 3 is 1.89 bits per heavy atom. The van der Waals surface area contributed by atoms with Gasteiger partial charge in [0.25, 0.3) is 0 Å². The van der Waals surface area contributed by atoms with Gasteiger partial charge in [0, 0.05) is 25.4 Å². The van der Waals surface area contributed by atoms with Gasteiger partial charge in [0.05, 0.1) is 0 Å². The third-order valence-corrected chi connectivity index (χ3v) is 3.17. The van der Waals surface area contributed by atoms with Gasteiger partial charge >= 0.3 is 0 Å². The highest BCUT2D eigenvalue weighted by Crippen LogP contribution is 2.32. The minimum Gasteiger partial charge on any atom is -0.365 e. The number of piperidine rings is 1. The van der Waals surface area contributed by atoms with Crippen molar-refractivity contribution in [1.29, 1.82) is 0 Å². The third kappa shape index (κ3) is 2.17. The molecule has 1 unspecified atom stereocenters. The lowest BCUT2D eigenvalue weighted by atomic mass is 9.98. The zero-order chi connectivity index (χ0) is 14.3. The van der Waals surface area contributed by atoms with E-state index < -0.39 is 40.7 Å². The topological polar surface area (TPSA) is 20.3 Å². The Morgan fingerprint density at radius 1 is 0.947 bits per heavy atom. The number of halogens is 5. The van der Waals surface area contributed by atoms with Crippen LogP contribution < -0.4 is 4.90 Å². The fourth-order valence-electron chi connectivity index (χ4n) is 2.09. The molecule has 1 atom stereocenters. The molecule has 1 aliphatic heterocycles. The van der Waals surface area contributed by atoms with Crippen LogP contribution in [0, 0.1) is 35.0 Å². The average molecular weight is 279 g/mol. The van der Waals surface area contributed by atoms with Crippen LogP contribution in [0.2, 0.25) is 0 Å². The average Bonchev–Trinajstić information content (AvgIpc) is 2.38. The molecule has 1 fully saturated rings. The first-order valence-corrected chi connectivity index (χ1v) is 5.63.